The molecule has 0 aliphatic carbocycles. The van der Waals surface area contributed by atoms with Crippen molar-refractivity contribution in [1.29, 1.82) is 0 Å². The van der Waals surface area contributed by atoms with E-state index in [1.807, 2.05) is 5.43 Å². The molecule has 15 heteroatoms. The summed E-state index contributed by atoms with van der Waals surface area (Å²) in [6.45, 7) is -0.250. The Labute approximate surface area is 181 Å². The van der Waals surface area contributed by atoms with E-state index < -0.39 is 35.5 Å². The Bertz CT molecular complexity index is 1180. The van der Waals surface area contributed by atoms with Crippen LogP contribution in [0.25, 0.3) is 0 Å². The van der Waals surface area contributed by atoms with E-state index in [0.717, 1.165) is 6.26 Å². The van der Waals surface area contributed by atoms with Gasteiger partial charge in [-0.2, -0.15) is 0 Å². The van der Waals surface area contributed by atoms with E-state index in [2.05, 4.69) is 31.2 Å². The van der Waals surface area contributed by atoms with Crippen molar-refractivity contribution < 1.29 is 24.5 Å². The number of H-pyrrole nitrogens is 1. The molecule has 3 aromatic rings. The number of hydrogen-bond donors (Lipinski definition) is 6. The van der Waals surface area contributed by atoms with Crippen LogP contribution in [0.3, 0.4) is 0 Å². The molecule has 0 aliphatic rings. The summed E-state index contributed by atoms with van der Waals surface area (Å²) in [6.07, 6.45) is -1.02. The molecule has 3 aromatic heterocycles. The molecule has 0 bridgehead atoms. The fourth-order valence-electron chi connectivity index (χ4n) is 2.66. The van der Waals surface area contributed by atoms with E-state index in [9.17, 15) is 29.7 Å². The zero-order valence-electron chi connectivity index (χ0n) is 15.7. The van der Waals surface area contributed by atoms with Gasteiger partial charge in [-0.05, 0) is 22.0 Å². The van der Waals surface area contributed by atoms with Crippen molar-refractivity contribution in [1.82, 2.24) is 30.0 Å². The molecule has 0 saturated heterocycles. The van der Waals surface area contributed by atoms with Crippen molar-refractivity contribution in [3.05, 3.63) is 67.1 Å². The van der Waals surface area contributed by atoms with Gasteiger partial charge >= 0.3 is 5.69 Å². The van der Waals surface area contributed by atoms with Gasteiger partial charge in [0.25, 0.3) is 11.5 Å². The highest BCUT2D eigenvalue weighted by Crippen LogP contribution is 2.22. The first kappa shape index (κ1) is 22.6. The molecule has 31 heavy (non-hydrogen) atoms. The number of halogens is 1. The van der Waals surface area contributed by atoms with E-state index in [1.54, 1.807) is 0 Å². The number of aliphatic hydroxyl groups is 3. The van der Waals surface area contributed by atoms with E-state index in [0.29, 0.717) is 5.69 Å². The maximum atomic E-state index is 11.8. The molecule has 0 unspecified atom stereocenters. The number of nitrogens with one attached hydrogen (secondary N) is 2. The highest BCUT2D eigenvalue weighted by atomic mass is 79.9. The number of nitrogens with zero attached hydrogens (tertiary/aromatic N) is 4. The summed E-state index contributed by atoms with van der Waals surface area (Å²) in [4.78, 5) is 36.8. The number of nitrogen functional groups attached to an aromatic ring is 1. The van der Waals surface area contributed by atoms with Gasteiger partial charge in [-0.1, -0.05) is 5.21 Å². The van der Waals surface area contributed by atoms with Gasteiger partial charge < -0.3 is 19.7 Å². The number of rotatable bonds is 8. The molecule has 3 heterocycles. The maximum Gasteiger partial charge on any atom is 0.328 e. The number of carbonyl (C=O) groups excluding carboxylic acids is 1. The van der Waals surface area contributed by atoms with Gasteiger partial charge in [0.05, 0.1) is 29.3 Å². The van der Waals surface area contributed by atoms with Crippen molar-refractivity contribution in [2.24, 2.45) is 5.84 Å². The molecule has 0 saturated carbocycles. The van der Waals surface area contributed by atoms with Crippen LogP contribution < -0.4 is 22.5 Å². The quantitative estimate of drug-likeness (QED) is 0.109. The third kappa shape index (κ3) is 5.15. The van der Waals surface area contributed by atoms with Crippen LogP contribution in [0.4, 0.5) is 0 Å². The number of carbonyl (C=O) groups is 1. The Hall–Kier alpha value is -3.11. The van der Waals surface area contributed by atoms with Crippen LogP contribution in [0.2, 0.25) is 0 Å². The Balaban J connectivity index is 1.65. The van der Waals surface area contributed by atoms with Crippen LogP contribution in [0.5, 0.6) is 0 Å². The highest BCUT2D eigenvalue weighted by molar-refractivity contribution is 9.10. The number of nitrogens with two attached hydrogens (primary N) is 1. The third-order valence-corrected chi connectivity index (χ3v) is 4.85. The first-order valence-corrected chi connectivity index (χ1v) is 9.50. The lowest BCUT2D eigenvalue weighted by molar-refractivity contribution is -0.0739. The Kier molecular flexibility index (Phi) is 6.81. The van der Waals surface area contributed by atoms with Crippen LogP contribution in [-0.4, -0.2) is 58.0 Å². The third-order valence-electron chi connectivity index (χ3n) is 4.28. The minimum atomic E-state index is -1.68. The lowest BCUT2D eigenvalue weighted by atomic mass is 10.1. The fraction of sp³-hybridized carbons (Fsp3) is 0.312. The number of hydrazine groups is 1. The molecule has 0 spiro atoms. The van der Waals surface area contributed by atoms with E-state index in [4.69, 9.17) is 10.3 Å². The summed E-state index contributed by atoms with van der Waals surface area (Å²) in [5.74, 6) is 4.21. The summed E-state index contributed by atoms with van der Waals surface area (Å²) in [6, 6.07) is 1.18. The molecule has 14 nitrogen and oxygen atoms in total. The lowest BCUT2D eigenvalue weighted by Gasteiger charge is -2.21. The Morgan fingerprint density at radius 3 is 2.77 bits per heavy atom. The summed E-state index contributed by atoms with van der Waals surface area (Å²) in [7, 11) is 0. The number of amides is 1. The molecule has 1 amide bonds. The second kappa shape index (κ2) is 9.36. The smallest absolute Gasteiger partial charge is 0.328 e. The maximum absolute atomic E-state index is 11.8. The van der Waals surface area contributed by atoms with Gasteiger partial charge in [0.1, 0.15) is 36.0 Å². The van der Waals surface area contributed by atoms with Crippen LogP contribution in [-0.2, 0) is 13.1 Å². The van der Waals surface area contributed by atoms with Crippen molar-refractivity contribution in [2.45, 2.75) is 31.4 Å². The normalized spacial score (nSPS) is 14.2. The molecule has 0 radical (unpaired) electrons. The monoisotopic (exact) mass is 499 g/mol. The second-order valence-corrected chi connectivity index (χ2v) is 7.36. The number of furan rings is 1. The number of hydrogen-bond acceptors (Lipinski definition) is 10. The average Bonchev–Trinajstić information content (AvgIpc) is 3.40. The minimum absolute atomic E-state index is 0.00609. The van der Waals surface area contributed by atoms with Gasteiger partial charge in [0, 0.05) is 6.20 Å². The zero-order chi connectivity index (χ0) is 22.7. The van der Waals surface area contributed by atoms with Gasteiger partial charge in [0.2, 0.25) is 0 Å². The molecular formula is C16H18BrN7O7. The van der Waals surface area contributed by atoms with E-state index in [1.165, 1.54) is 27.7 Å². The molecule has 0 aliphatic heterocycles. The standard InChI is InChI=1S/C16H18BrN7O7/c17-9-4-23(16(30)19-15(9)29)2-8-3-24(22-21-8)5-10(25)12(26)13(27)11-1-7(6-31-11)14(28)20-18/h1,3-4,6,10,12-13,25-27H,2,5,18H2,(H,20,28)(H,19,29,30)/t10-,12-,13-/m1/s1. The van der Waals surface area contributed by atoms with Gasteiger partial charge in [-0.25, -0.2) is 15.3 Å². The van der Waals surface area contributed by atoms with Crippen LogP contribution in [0.15, 0.2) is 43.2 Å². The first-order valence-electron chi connectivity index (χ1n) is 8.71. The predicted octanol–water partition coefficient (Wildman–Crippen LogP) is -2.41. The molecule has 0 fully saturated rings. The number of aromatic amines is 1. The predicted molar refractivity (Wildman–Crippen MR) is 105 cm³/mol. The first-order chi connectivity index (χ1) is 14.7. The lowest BCUT2D eigenvalue weighted by Crippen LogP contribution is -2.35. The van der Waals surface area contributed by atoms with Crippen molar-refractivity contribution in [2.75, 3.05) is 0 Å². The fourth-order valence-corrected chi connectivity index (χ4v) is 3.01. The Morgan fingerprint density at radius 2 is 2.06 bits per heavy atom. The Morgan fingerprint density at radius 1 is 1.32 bits per heavy atom. The van der Waals surface area contributed by atoms with Crippen LogP contribution in [0.1, 0.15) is 27.9 Å². The topological polar surface area (TPSA) is 215 Å². The van der Waals surface area contributed by atoms with Crippen molar-refractivity contribution >= 4 is 21.8 Å². The number of aliphatic hydroxyl groups excluding tert-OH is 3. The average molecular weight is 500 g/mol. The molecule has 166 valence electrons. The van der Waals surface area contributed by atoms with Crippen LogP contribution >= 0.6 is 15.9 Å². The second-order valence-electron chi connectivity index (χ2n) is 6.51. The molecule has 3 atom stereocenters. The highest BCUT2D eigenvalue weighted by Gasteiger charge is 2.29. The molecular weight excluding hydrogens is 482 g/mol. The summed E-state index contributed by atoms with van der Waals surface area (Å²) in [5, 5.41) is 38.3. The summed E-state index contributed by atoms with van der Waals surface area (Å²) >= 11 is 3.03. The van der Waals surface area contributed by atoms with Crippen LogP contribution in [0, 0.1) is 0 Å². The molecule has 7 N–H and O–H groups in total. The van der Waals surface area contributed by atoms with E-state index in [-0.39, 0.29) is 28.9 Å². The van der Waals surface area contributed by atoms with Gasteiger partial charge in [0.15, 0.2) is 0 Å². The minimum Gasteiger partial charge on any atom is -0.466 e. The zero-order valence-corrected chi connectivity index (χ0v) is 17.3. The van der Waals surface area contributed by atoms with Crippen molar-refractivity contribution in [3.8, 4) is 0 Å². The SMILES string of the molecule is NNC(=O)c1coc([C@@H](O)[C@H](O)[C@H](O)Cn2cc(Cn3cc(Br)c(=O)[nH]c3=O)nn2)c1. The largest absolute Gasteiger partial charge is 0.466 e. The molecule has 3 rings (SSSR count). The van der Waals surface area contributed by atoms with E-state index >= 15 is 0 Å². The summed E-state index contributed by atoms with van der Waals surface area (Å²) < 4.78 is 7.60. The van der Waals surface area contributed by atoms with Crippen molar-refractivity contribution in [3.63, 3.8) is 0 Å². The molecule has 0 aromatic carbocycles. The summed E-state index contributed by atoms with van der Waals surface area (Å²) in [5.41, 5.74) is 1.07. The number of aromatic nitrogens is 5. The van der Waals surface area contributed by atoms with Gasteiger partial charge in [-0.15, -0.1) is 5.10 Å². The van der Waals surface area contributed by atoms with Gasteiger partial charge in [-0.3, -0.25) is 24.6 Å².